The zero-order valence-electron chi connectivity index (χ0n) is 19.0. The number of allylic oxidation sites excluding steroid dienone is 1. The zero-order valence-corrected chi connectivity index (χ0v) is 19.0. The van der Waals surface area contributed by atoms with Crippen molar-refractivity contribution in [1.82, 2.24) is 0 Å². The Morgan fingerprint density at radius 3 is 2.87 bits per heavy atom. The molecule has 1 aromatic rings. The molecule has 1 saturated carbocycles. The normalized spacial score (nSPS) is 39.4. The van der Waals surface area contributed by atoms with E-state index in [1.54, 1.807) is 12.5 Å². The van der Waals surface area contributed by atoms with Crippen molar-refractivity contribution in [2.24, 2.45) is 17.3 Å². The van der Waals surface area contributed by atoms with E-state index < -0.39 is 0 Å². The van der Waals surface area contributed by atoms with Crippen molar-refractivity contribution in [3.8, 4) is 0 Å². The zero-order chi connectivity index (χ0) is 21.5. The van der Waals surface area contributed by atoms with E-state index in [9.17, 15) is 4.79 Å². The van der Waals surface area contributed by atoms with Crippen LogP contribution in [0.2, 0.25) is 0 Å². The summed E-state index contributed by atoms with van der Waals surface area (Å²) < 4.78 is 23.5. The predicted octanol–water partition coefficient (Wildman–Crippen LogP) is 5.61. The van der Waals surface area contributed by atoms with Gasteiger partial charge < -0.3 is 18.6 Å². The number of ether oxygens (including phenoxy) is 3. The fraction of sp³-hybridized carbons (Fsp3) is 0.720. The second-order valence-corrected chi connectivity index (χ2v) is 9.96. The van der Waals surface area contributed by atoms with E-state index in [1.165, 1.54) is 0 Å². The topological polar surface area (TPSA) is 61.2 Å². The minimum Gasteiger partial charge on any atom is -0.472 e. The van der Waals surface area contributed by atoms with Crippen molar-refractivity contribution in [3.63, 3.8) is 0 Å². The summed E-state index contributed by atoms with van der Waals surface area (Å²) in [5, 5.41) is 0. The van der Waals surface area contributed by atoms with Crippen LogP contribution in [0.1, 0.15) is 78.4 Å². The van der Waals surface area contributed by atoms with Gasteiger partial charge in [-0.05, 0) is 70.8 Å². The van der Waals surface area contributed by atoms with Gasteiger partial charge in [-0.3, -0.25) is 0 Å². The van der Waals surface area contributed by atoms with Crippen LogP contribution in [0.15, 0.2) is 34.7 Å². The van der Waals surface area contributed by atoms with Gasteiger partial charge in [0.05, 0.1) is 31.3 Å². The lowest BCUT2D eigenvalue weighted by atomic mass is 9.62. The Hall–Kier alpha value is -1.59. The van der Waals surface area contributed by atoms with E-state index >= 15 is 0 Å². The second-order valence-electron chi connectivity index (χ2n) is 9.96. The summed E-state index contributed by atoms with van der Waals surface area (Å²) in [6, 6.07) is 2.00. The maximum absolute atomic E-state index is 12.5. The number of furan rings is 1. The summed E-state index contributed by atoms with van der Waals surface area (Å²) in [7, 11) is 0. The fourth-order valence-electron chi connectivity index (χ4n) is 5.48. The highest BCUT2D eigenvalue weighted by Gasteiger charge is 2.69. The van der Waals surface area contributed by atoms with Gasteiger partial charge in [0, 0.05) is 16.6 Å². The minimum atomic E-state index is -0.198. The SMILES string of the molecule is C/C=C(/C)C(=O)O[C@H]1CC[C@H]2O[C@@]2(C)[C@@]1(C)CC[C@@H](C)[C@@H]1CO[C@H](c2ccoc2)C1. The van der Waals surface area contributed by atoms with Crippen molar-refractivity contribution < 1.29 is 23.4 Å². The lowest BCUT2D eigenvalue weighted by Gasteiger charge is -2.44. The highest BCUT2D eigenvalue weighted by atomic mass is 16.6. The van der Waals surface area contributed by atoms with E-state index in [2.05, 4.69) is 20.8 Å². The molecule has 5 nitrogen and oxygen atoms in total. The number of carbonyl (C=O) groups is 1. The third-order valence-corrected chi connectivity index (χ3v) is 8.35. The average molecular weight is 417 g/mol. The first-order valence-electron chi connectivity index (χ1n) is 11.4. The molecule has 0 unspecified atom stereocenters. The molecule has 2 saturated heterocycles. The molecule has 0 spiro atoms. The smallest absolute Gasteiger partial charge is 0.333 e. The number of hydrogen-bond acceptors (Lipinski definition) is 5. The number of fused-ring (bicyclic) bond motifs is 1. The van der Waals surface area contributed by atoms with Crippen LogP contribution in [0, 0.1) is 17.3 Å². The average Bonchev–Trinajstić information content (AvgIpc) is 3.15. The summed E-state index contributed by atoms with van der Waals surface area (Å²) in [5.41, 5.74) is 1.45. The molecule has 0 aromatic carbocycles. The van der Waals surface area contributed by atoms with Crippen LogP contribution in [-0.4, -0.2) is 30.4 Å². The van der Waals surface area contributed by atoms with E-state index in [1.807, 2.05) is 26.0 Å². The first-order valence-corrected chi connectivity index (χ1v) is 11.4. The lowest BCUT2D eigenvalue weighted by Crippen LogP contribution is -2.50. The first kappa shape index (κ1) is 21.6. The Kier molecular flexibility index (Phi) is 5.88. The van der Waals surface area contributed by atoms with E-state index in [-0.39, 0.29) is 29.2 Å². The standard InChI is InChI=1S/C25H36O5/c1-6-16(2)23(26)29-21-7-8-22-25(5,30-22)24(21,4)11-9-17(3)19-13-20(28-15-19)18-10-12-27-14-18/h6,10,12,14,17,19-22H,7-9,11,13,15H2,1-5H3/b16-6-/t17-,19+,20+,21+,22-,24+,25-/m1/s1. The molecule has 3 fully saturated rings. The summed E-state index contributed by atoms with van der Waals surface area (Å²) in [6.07, 6.45) is 10.6. The highest BCUT2D eigenvalue weighted by Crippen LogP contribution is 2.61. The molecule has 5 heteroatoms. The largest absolute Gasteiger partial charge is 0.472 e. The van der Waals surface area contributed by atoms with Gasteiger partial charge in [0.25, 0.3) is 0 Å². The molecule has 0 radical (unpaired) electrons. The van der Waals surface area contributed by atoms with Gasteiger partial charge in [-0.25, -0.2) is 4.79 Å². The maximum atomic E-state index is 12.5. The molecule has 3 heterocycles. The maximum Gasteiger partial charge on any atom is 0.333 e. The van der Waals surface area contributed by atoms with Crippen LogP contribution in [0.4, 0.5) is 0 Å². The quantitative estimate of drug-likeness (QED) is 0.328. The van der Waals surface area contributed by atoms with Crippen LogP contribution >= 0.6 is 0 Å². The van der Waals surface area contributed by atoms with Crippen LogP contribution in [0.5, 0.6) is 0 Å². The fourth-order valence-corrected chi connectivity index (χ4v) is 5.48. The number of hydrogen-bond donors (Lipinski definition) is 0. The Bertz CT molecular complexity index is 783. The Morgan fingerprint density at radius 1 is 1.37 bits per heavy atom. The number of rotatable bonds is 7. The molecule has 1 aliphatic carbocycles. The van der Waals surface area contributed by atoms with Crippen molar-refractivity contribution in [2.45, 2.75) is 90.6 Å². The molecular formula is C25H36O5. The van der Waals surface area contributed by atoms with Gasteiger partial charge >= 0.3 is 5.97 Å². The molecular weight excluding hydrogens is 380 g/mol. The van der Waals surface area contributed by atoms with Crippen molar-refractivity contribution in [1.29, 1.82) is 0 Å². The summed E-state index contributed by atoms with van der Waals surface area (Å²) in [6.45, 7) is 11.3. The lowest BCUT2D eigenvalue weighted by molar-refractivity contribution is -0.157. The van der Waals surface area contributed by atoms with Gasteiger partial charge in [-0.1, -0.05) is 19.9 Å². The molecule has 3 aliphatic rings. The van der Waals surface area contributed by atoms with Gasteiger partial charge in [0.2, 0.25) is 0 Å². The van der Waals surface area contributed by atoms with Gasteiger partial charge in [0.15, 0.2) is 0 Å². The van der Waals surface area contributed by atoms with Gasteiger partial charge in [-0.15, -0.1) is 0 Å². The first-order chi connectivity index (χ1) is 14.3. The van der Waals surface area contributed by atoms with Crippen LogP contribution in [-0.2, 0) is 19.0 Å². The summed E-state index contributed by atoms with van der Waals surface area (Å²) in [5.74, 6) is 0.874. The van der Waals surface area contributed by atoms with Crippen LogP contribution in [0.25, 0.3) is 0 Å². The highest BCUT2D eigenvalue weighted by molar-refractivity contribution is 5.87. The third-order valence-electron chi connectivity index (χ3n) is 8.35. The van der Waals surface area contributed by atoms with E-state index in [0.717, 1.165) is 44.3 Å². The van der Waals surface area contributed by atoms with Crippen molar-refractivity contribution in [2.75, 3.05) is 6.61 Å². The van der Waals surface area contributed by atoms with E-state index in [0.29, 0.717) is 23.5 Å². The second kappa shape index (κ2) is 8.16. The summed E-state index contributed by atoms with van der Waals surface area (Å²) >= 11 is 0. The predicted molar refractivity (Wildman–Crippen MR) is 114 cm³/mol. The summed E-state index contributed by atoms with van der Waals surface area (Å²) in [4.78, 5) is 12.5. The molecule has 1 aromatic heterocycles. The van der Waals surface area contributed by atoms with Gasteiger partial charge in [-0.2, -0.15) is 0 Å². The van der Waals surface area contributed by atoms with Crippen LogP contribution in [0.3, 0.4) is 0 Å². The third kappa shape index (κ3) is 3.75. The minimum absolute atomic E-state index is 0.102. The molecule has 0 amide bonds. The monoisotopic (exact) mass is 416 g/mol. The molecule has 0 bridgehead atoms. The van der Waals surface area contributed by atoms with Crippen LogP contribution < -0.4 is 0 Å². The van der Waals surface area contributed by atoms with Crippen molar-refractivity contribution >= 4 is 5.97 Å². The number of esters is 1. The van der Waals surface area contributed by atoms with E-state index in [4.69, 9.17) is 18.6 Å². The molecule has 0 N–H and O–H groups in total. The number of epoxide rings is 1. The number of carbonyl (C=O) groups excluding carboxylic acids is 1. The Morgan fingerprint density at radius 2 is 2.17 bits per heavy atom. The molecule has 30 heavy (non-hydrogen) atoms. The Balaban J connectivity index is 1.40. The molecule has 4 rings (SSSR count). The molecule has 166 valence electrons. The Labute approximate surface area is 180 Å². The van der Waals surface area contributed by atoms with Gasteiger partial charge in [0.1, 0.15) is 11.7 Å². The molecule has 2 aliphatic heterocycles. The van der Waals surface area contributed by atoms with Crippen molar-refractivity contribution in [3.05, 3.63) is 35.8 Å². The molecule has 7 atom stereocenters.